The molecule has 0 saturated carbocycles. The zero-order chi connectivity index (χ0) is 19.8. The van der Waals surface area contributed by atoms with Crippen LogP contribution < -0.4 is 4.74 Å². The summed E-state index contributed by atoms with van der Waals surface area (Å²) in [4.78, 5) is 21.0. The fourth-order valence-electron chi connectivity index (χ4n) is 3.55. The van der Waals surface area contributed by atoms with Crippen molar-refractivity contribution >= 4 is 5.91 Å². The van der Waals surface area contributed by atoms with E-state index in [4.69, 9.17) is 4.74 Å². The molecule has 5 heteroatoms. The number of hydrogen-bond donors (Lipinski definition) is 0. The van der Waals surface area contributed by atoms with Gasteiger partial charge in [0, 0.05) is 57.1 Å². The van der Waals surface area contributed by atoms with E-state index in [1.807, 2.05) is 29.3 Å². The summed E-state index contributed by atoms with van der Waals surface area (Å²) in [5.74, 6) is 1.23. The standard InChI is InChI=1S/C23H31N3O2/c1-19(2)28-22-10-4-3-9-21(22)18-25-13-15-26(16-14-25)23(27)11-5-7-20-8-6-12-24-17-20/h3-4,6,8-10,12,17,19H,5,7,11,13-16,18H2,1-2H3. The molecule has 0 spiro atoms. The van der Waals surface area contributed by atoms with Crippen molar-refractivity contribution in [3.63, 3.8) is 0 Å². The Bertz CT molecular complexity index is 741. The number of rotatable bonds is 8. The van der Waals surface area contributed by atoms with Crippen LogP contribution in [0.3, 0.4) is 0 Å². The lowest BCUT2D eigenvalue weighted by Gasteiger charge is -2.35. The van der Waals surface area contributed by atoms with Crippen molar-refractivity contribution in [3.05, 3.63) is 59.9 Å². The maximum atomic E-state index is 12.5. The monoisotopic (exact) mass is 381 g/mol. The van der Waals surface area contributed by atoms with E-state index in [9.17, 15) is 4.79 Å². The Hall–Kier alpha value is -2.40. The number of aryl methyl sites for hydroxylation is 1. The number of benzene rings is 1. The molecule has 1 aromatic heterocycles. The molecule has 3 rings (SSSR count). The van der Waals surface area contributed by atoms with Crippen LogP contribution in [-0.4, -0.2) is 53.0 Å². The second kappa shape index (κ2) is 10.2. The van der Waals surface area contributed by atoms with Crippen LogP contribution in [-0.2, 0) is 17.8 Å². The van der Waals surface area contributed by atoms with Crippen LogP contribution in [0, 0.1) is 0 Å². The van der Waals surface area contributed by atoms with Gasteiger partial charge in [0.25, 0.3) is 0 Å². The number of piperazine rings is 1. The van der Waals surface area contributed by atoms with Gasteiger partial charge in [0.2, 0.25) is 5.91 Å². The molecule has 1 aliphatic heterocycles. The van der Waals surface area contributed by atoms with Crippen molar-refractivity contribution in [2.45, 2.75) is 45.8 Å². The van der Waals surface area contributed by atoms with Crippen LogP contribution in [0.4, 0.5) is 0 Å². The average Bonchev–Trinajstić information content (AvgIpc) is 2.70. The summed E-state index contributed by atoms with van der Waals surface area (Å²) in [6.07, 6.45) is 6.23. The molecule has 1 aromatic carbocycles. The van der Waals surface area contributed by atoms with Gasteiger partial charge in [-0.2, -0.15) is 0 Å². The molecule has 0 unspecified atom stereocenters. The quantitative estimate of drug-likeness (QED) is 0.702. The molecule has 2 heterocycles. The number of aromatic nitrogens is 1. The van der Waals surface area contributed by atoms with Crippen LogP contribution >= 0.6 is 0 Å². The molecule has 0 atom stereocenters. The van der Waals surface area contributed by atoms with Gasteiger partial charge in [-0.15, -0.1) is 0 Å². The first-order valence-electron chi connectivity index (χ1n) is 10.3. The van der Waals surface area contributed by atoms with E-state index in [-0.39, 0.29) is 12.0 Å². The average molecular weight is 382 g/mol. The van der Waals surface area contributed by atoms with Gasteiger partial charge in [0.05, 0.1) is 6.10 Å². The summed E-state index contributed by atoms with van der Waals surface area (Å²) >= 11 is 0. The third kappa shape index (κ3) is 6.06. The van der Waals surface area contributed by atoms with Crippen molar-refractivity contribution in [2.75, 3.05) is 26.2 Å². The fourth-order valence-corrected chi connectivity index (χ4v) is 3.55. The third-order valence-electron chi connectivity index (χ3n) is 5.03. The Labute approximate surface area is 168 Å². The van der Waals surface area contributed by atoms with Crippen LogP contribution in [0.5, 0.6) is 5.75 Å². The molecule has 0 N–H and O–H groups in total. The zero-order valence-corrected chi connectivity index (χ0v) is 17.0. The molecule has 0 radical (unpaired) electrons. The highest BCUT2D eigenvalue weighted by Gasteiger charge is 2.21. The van der Waals surface area contributed by atoms with Crippen molar-refractivity contribution in [1.82, 2.24) is 14.8 Å². The van der Waals surface area contributed by atoms with Gasteiger partial charge in [-0.1, -0.05) is 24.3 Å². The van der Waals surface area contributed by atoms with Gasteiger partial charge >= 0.3 is 0 Å². The first-order valence-corrected chi connectivity index (χ1v) is 10.3. The lowest BCUT2D eigenvalue weighted by Crippen LogP contribution is -2.48. The van der Waals surface area contributed by atoms with Gasteiger partial charge in [0.15, 0.2) is 0 Å². The normalized spacial score (nSPS) is 15.0. The molecule has 0 bridgehead atoms. The van der Waals surface area contributed by atoms with E-state index in [1.54, 1.807) is 6.20 Å². The van der Waals surface area contributed by atoms with Crippen molar-refractivity contribution in [3.8, 4) is 5.75 Å². The Morgan fingerprint density at radius 1 is 1.11 bits per heavy atom. The van der Waals surface area contributed by atoms with Crippen LogP contribution in [0.2, 0.25) is 0 Å². The number of carbonyl (C=O) groups excluding carboxylic acids is 1. The smallest absolute Gasteiger partial charge is 0.222 e. The maximum absolute atomic E-state index is 12.5. The van der Waals surface area contributed by atoms with Crippen LogP contribution in [0.25, 0.3) is 0 Å². The van der Waals surface area contributed by atoms with Crippen molar-refractivity contribution < 1.29 is 9.53 Å². The molecule has 150 valence electrons. The highest BCUT2D eigenvalue weighted by molar-refractivity contribution is 5.76. The van der Waals surface area contributed by atoms with Gasteiger partial charge in [-0.3, -0.25) is 14.7 Å². The number of amides is 1. The van der Waals surface area contributed by atoms with Gasteiger partial charge in [-0.05, 0) is 44.4 Å². The Morgan fingerprint density at radius 3 is 2.61 bits per heavy atom. The van der Waals surface area contributed by atoms with Crippen molar-refractivity contribution in [1.29, 1.82) is 0 Å². The predicted octanol–water partition coefficient (Wildman–Crippen LogP) is 3.54. The summed E-state index contributed by atoms with van der Waals surface area (Å²) in [7, 11) is 0. The Morgan fingerprint density at radius 2 is 1.89 bits per heavy atom. The molecule has 1 fully saturated rings. The first kappa shape index (κ1) is 20.3. The third-order valence-corrected chi connectivity index (χ3v) is 5.03. The summed E-state index contributed by atoms with van der Waals surface area (Å²) in [6.45, 7) is 8.39. The second-order valence-electron chi connectivity index (χ2n) is 7.65. The predicted molar refractivity (Wildman–Crippen MR) is 111 cm³/mol. The van der Waals surface area contributed by atoms with Gasteiger partial charge < -0.3 is 9.64 Å². The molecule has 28 heavy (non-hydrogen) atoms. The first-order chi connectivity index (χ1) is 13.6. The molecule has 1 saturated heterocycles. The van der Waals surface area contributed by atoms with Crippen LogP contribution in [0.1, 0.15) is 37.8 Å². The molecule has 1 aliphatic rings. The maximum Gasteiger partial charge on any atom is 0.222 e. The number of hydrogen-bond acceptors (Lipinski definition) is 4. The largest absolute Gasteiger partial charge is 0.491 e. The lowest BCUT2D eigenvalue weighted by atomic mass is 10.1. The van der Waals surface area contributed by atoms with E-state index in [2.05, 4.69) is 41.9 Å². The molecule has 1 amide bonds. The number of nitrogens with zero attached hydrogens (tertiary/aromatic N) is 3. The molecular weight excluding hydrogens is 350 g/mol. The van der Waals surface area contributed by atoms with E-state index in [0.29, 0.717) is 6.42 Å². The Balaban J connectivity index is 1.42. The molecule has 0 aliphatic carbocycles. The zero-order valence-electron chi connectivity index (χ0n) is 17.0. The topological polar surface area (TPSA) is 45.7 Å². The lowest BCUT2D eigenvalue weighted by molar-refractivity contribution is -0.133. The van der Waals surface area contributed by atoms with Gasteiger partial charge in [-0.25, -0.2) is 0 Å². The summed E-state index contributed by atoms with van der Waals surface area (Å²) in [5, 5.41) is 0. The summed E-state index contributed by atoms with van der Waals surface area (Å²) in [5.41, 5.74) is 2.41. The van der Waals surface area contributed by atoms with Crippen LogP contribution in [0.15, 0.2) is 48.8 Å². The van der Waals surface area contributed by atoms with E-state index >= 15 is 0 Å². The summed E-state index contributed by atoms with van der Waals surface area (Å²) in [6, 6.07) is 12.3. The molecule has 5 nitrogen and oxygen atoms in total. The van der Waals surface area contributed by atoms with E-state index < -0.39 is 0 Å². The van der Waals surface area contributed by atoms with Gasteiger partial charge in [0.1, 0.15) is 5.75 Å². The fraction of sp³-hybridized carbons (Fsp3) is 0.478. The minimum atomic E-state index is 0.169. The SMILES string of the molecule is CC(C)Oc1ccccc1CN1CCN(C(=O)CCCc2cccnc2)CC1. The highest BCUT2D eigenvalue weighted by Crippen LogP contribution is 2.22. The minimum Gasteiger partial charge on any atom is -0.491 e. The number of carbonyl (C=O) groups is 1. The Kier molecular flexibility index (Phi) is 7.43. The molecular formula is C23H31N3O2. The number of pyridine rings is 1. The van der Waals surface area contributed by atoms with E-state index in [0.717, 1.165) is 51.3 Å². The minimum absolute atomic E-state index is 0.169. The number of ether oxygens (including phenoxy) is 1. The summed E-state index contributed by atoms with van der Waals surface area (Å²) < 4.78 is 5.93. The number of para-hydroxylation sites is 1. The van der Waals surface area contributed by atoms with E-state index in [1.165, 1.54) is 11.1 Å². The second-order valence-corrected chi connectivity index (χ2v) is 7.65. The van der Waals surface area contributed by atoms with Crippen molar-refractivity contribution in [2.24, 2.45) is 0 Å². The highest BCUT2D eigenvalue weighted by atomic mass is 16.5. The molecule has 2 aromatic rings.